The van der Waals surface area contributed by atoms with E-state index in [1.54, 1.807) is 0 Å². The minimum absolute atomic E-state index is 0.152. The molecule has 0 saturated carbocycles. The Morgan fingerprint density at radius 1 is 0.966 bits per heavy atom. The molecule has 0 atom stereocenters. The van der Waals surface area contributed by atoms with Gasteiger partial charge in [0.25, 0.3) is 10.1 Å². The molecule has 0 aliphatic rings. The predicted octanol–water partition coefficient (Wildman–Crippen LogP) is 5.62. The van der Waals surface area contributed by atoms with Crippen LogP contribution in [0.4, 0.5) is 26.3 Å². The Labute approximate surface area is 160 Å². The maximum Gasteiger partial charge on any atom is 0.422 e. The average molecular weight is 436 g/mol. The van der Waals surface area contributed by atoms with Gasteiger partial charge in [0.2, 0.25) is 5.82 Å². The van der Waals surface area contributed by atoms with Crippen LogP contribution in [0.3, 0.4) is 0 Å². The van der Waals surface area contributed by atoms with Gasteiger partial charge >= 0.3 is 6.18 Å². The Morgan fingerprint density at radius 3 is 2.17 bits per heavy atom. The number of fused-ring (bicyclic) bond motifs is 1. The van der Waals surface area contributed by atoms with Crippen LogP contribution in [0.1, 0.15) is 11.1 Å². The van der Waals surface area contributed by atoms with Gasteiger partial charge in [-0.25, -0.2) is 8.78 Å². The van der Waals surface area contributed by atoms with E-state index in [2.05, 4.69) is 0 Å². The third-order valence-corrected chi connectivity index (χ3v) is 4.92. The number of rotatable bonds is 3. The maximum atomic E-state index is 14.3. The molecule has 0 aliphatic heterocycles. The van der Waals surface area contributed by atoms with Crippen molar-refractivity contribution in [3.05, 3.63) is 65.0 Å². The number of hydrogen-bond acceptors (Lipinski definition) is 3. The minimum Gasteiger partial charge on any atom is -0.453 e. The van der Waals surface area contributed by atoms with Crippen molar-refractivity contribution in [1.82, 2.24) is 0 Å². The Balaban J connectivity index is 2.28. The largest absolute Gasteiger partial charge is 0.453 e. The van der Waals surface area contributed by atoms with Crippen LogP contribution in [-0.4, -0.2) is 13.0 Å². The molecule has 0 radical (unpaired) electrons. The summed E-state index contributed by atoms with van der Waals surface area (Å²) in [5, 5.41) is 0.350. The van der Waals surface area contributed by atoms with Crippen molar-refractivity contribution in [2.75, 3.05) is 0 Å². The Bertz CT molecular complexity index is 1210. The molecule has 0 bridgehead atoms. The lowest BCUT2D eigenvalue weighted by Crippen LogP contribution is -2.15. The normalized spacial score (nSPS) is 12.4. The molecule has 0 saturated heterocycles. The van der Waals surface area contributed by atoms with Crippen LogP contribution < -0.4 is 4.74 Å². The Hall–Kier alpha value is -2.79. The SMILES string of the molecule is Cc1c(F)c(C(F)(F)F)c(F)c(F)c1Oc1cc(S(=O)(=O)O)cc2ccccc12. The first-order valence-corrected chi connectivity index (χ1v) is 9.18. The van der Waals surface area contributed by atoms with Crippen molar-refractivity contribution in [2.24, 2.45) is 0 Å². The van der Waals surface area contributed by atoms with Crippen LogP contribution in [0, 0.1) is 24.4 Å². The first kappa shape index (κ1) is 20.9. The highest BCUT2D eigenvalue weighted by atomic mass is 32.2. The fourth-order valence-electron chi connectivity index (χ4n) is 2.72. The zero-order valence-corrected chi connectivity index (χ0v) is 15.1. The summed E-state index contributed by atoms with van der Waals surface area (Å²) in [5.74, 6) is -8.30. The van der Waals surface area contributed by atoms with Gasteiger partial charge in [0.15, 0.2) is 11.6 Å². The molecule has 0 aromatic heterocycles. The highest BCUT2D eigenvalue weighted by Gasteiger charge is 2.41. The van der Waals surface area contributed by atoms with Gasteiger partial charge in [0.1, 0.15) is 17.1 Å². The van der Waals surface area contributed by atoms with E-state index in [1.165, 1.54) is 24.3 Å². The van der Waals surface area contributed by atoms with Crippen LogP contribution in [-0.2, 0) is 16.3 Å². The summed E-state index contributed by atoms with van der Waals surface area (Å²) in [5.41, 5.74) is -3.38. The second kappa shape index (κ2) is 6.92. The molecule has 3 rings (SSSR count). The third kappa shape index (κ3) is 3.75. The fraction of sp³-hybridized carbons (Fsp3) is 0.111. The first-order chi connectivity index (χ1) is 13.3. The van der Waals surface area contributed by atoms with E-state index in [9.17, 15) is 39.3 Å². The lowest BCUT2D eigenvalue weighted by Gasteiger charge is -2.17. The lowest BCUT2D eigenvalue weighted by atomic mass is 10.1. The number of ether oxygens (including phenoxy) is 1. The molecule has 0 aliphatic carbocycles. The summed E-state index contributed by atoms with van der Waals surface area (Å²) < 4.78 is 118. The number of benzene rings is 3. The van der Waals surface area contributed by atoms with E-state index in [-0.39, 0.29) is 10.8 Å². The Kier molecular flexibility index (Phi) is 4.99. The average Bonchev–Trinajstić information content (AvgIpc) is 2.61. The van der Waals surface area contributed by atoms with Crippen LogP contribution >= 0.6 is 0 Å². The van der Waals surface area contributed by atoms with Crippen LogP contribution in [0.15, 0.2) is 41.3 Å². The van der Waals surface area contributed by atoms with E-state index in [0.717, 1.165) is 19.1 Å². The van der Waals surface area contributed by atoms with Gasteiger partial charge in [0.05, 0.1) is 4.90 Å². The number of alkyl halides is 3. The summed E-state index contributed by atoms with van der Waals surface area (Å²) in [6.07, 6.45) is -5.49. The van der Waals surface area contributed by atoms with E-state index < -0.39 is 61.3 Å². The molecule has 0 heterocycles. The molecule has 1 N–H and O–H groups in total. The molecule has 0 fully saturated rings. The third-order valence-electron chi connectivity index (χ3n) is 4.09. The number of halogens is 6. The zero-order chi connectivity index (χ0) is 21.7. The van der Waals surface area contributed by atoms with E-state index >= 15 is 0 Å². The van der Waals surface area contributed by atoms with Gasteiger partial charge in [-0.05, 0) is 18.4 Å². The van der Waals surface area contributed by atoms with Gasteiger partial charge < -0.3 is 4.74 Å². The summed E-state index contributed by atoms with van der Waals surface area (Å²) >= 11 is 0. The molecule has 0 spiro atoms. The van der Waals surface area contributed by atoms with Crippen LogP contribution in [0.2, 0.25) is 0 Å². The Morgan fingerprint density at radius 2 is 1.59 bits per heavy atom. The van der Waals surface area contributed by atoms with Crippen molar-refractivity contribution < 1.29 is 44.0 Å². The second-order valence-corrected chi connectivity index (χ2v) is 7.41. The van der Waals surface area contributed by atoms with Gasteiger partial charge in [-0.3, -0.25) is 4.55 Å². The predicted molar refractivity (Wildman–Crippen MR) is 89.9 cm³/mol. The van der Waals surface area contributed by atoms with Crippen molar-refractivity contribution in [3.8, 4) is 11.5 Å². The van der Waals surface area contributed by atoms with Crippen molar-refractivity contribution in [1.29, 1.82) is 0 Å². The topological polar surface area (TPSA) is 63.6 Å². The quantitative estimate of drug-likeness (QED) is 0.329. The molecule has 4 nitrogen and oxygen atoms in total. The molecule has 3 aromatic rings. The number of hydrogen-bond donors (Lipinski definition) is 1. The molecular weight excluding hydrogens is 426 g/mol. The van der Waals surface area contributed by atoms with Crippen molar-refractivity contribution in [2.45, 2.75) is 18.0 Å². The summed E-state index contributed by atoms with van der Waals surface area (Å²) in [7, 11) is -4.74. The maximum absolute atomic E-state index is 14.3. The van der Waals surface area contributed by atoms with Crippen molar-refractivity contribution in [3.63, 3.8) is 0 Å². The van der Waals surface area contributed by atoms with Gasteiger partial charge in [-0.1, -0.05) is 24.3 Å². The van der Waals surface area contributed by atoms with E-state index in [1.807, 2.05) is 0 Å². The van der Waals surface area contributed by atoms with Crippen molar-refractivity contribution >= 4 is 20.9 Å². The molecule has 0 unspecified atom stereocenters. The van der Waals surface area contributed by atoms with E-state index in [0.29, 0.717) is 0 Å². The zero-order valence-electron chi connectivity index (χ0n) is 14.3. The molecule has 29 heavy (non-hydrogen) atoms. The van der Waals surface area contributed by atoms with Gasteiger partial charge in [0, 0.05) is 17.0 Å². The van der Waals surface area contributed by atoms with Crippen LogP contribution in [0.25, 0.3) is 10.8 Å². The summed E-state index contributed by atoms with van der Waals surface area (Å²) in [6, 6.07) is 7.61. The van der Waals surface area contributed by atoms with Gasteiger partial charge in [-0.2, -0.15) is 26.0 Å². The lowest BCUT2D eigenvalue weighted by molar-refractivity contribution is -0.142. The highest BCUT2D eigenvalue weighted by molar-refractivity contribution is 7.85. The standard InChI is InChI=1S/C18H10F6O4S/c1-8-14(19)13(18(22,23)24)15(20)16(21)17(8)28-12-7-10(29(25,26)27)6-9-4-2-3-5-11(9)12/h2-7H,1H3,(H,25,26,27). The summed E-state index contributed by atoms with van der Waals surface area (Å²) in [6.45, 7) is 0.747. The smallest absolute Gasteiger partial charge is 0.422 e. The second-order valence-electron chi connectivity index (χ2n) is 5.99. The monoisotopic (exact) mass is 436 g/mol. The molecule has 0 amide bonds. The van der Waals surface area contributed by atoms with Crippen LogP contribution in [0.5, 0.6) is 11.5 Å². The summed E-state index contributed by atoms with van der Waals surface area (Å²) in [4.78, 5) is -0.669. The minimum atomic E-state index is -5.49. The van der Waals surface area contributed by atoms with E-state index in [4.69, 9.17) is 4.74 Å². The molecular formula is C18H10F6O4S. The molecule has 3 aromatic carbocycles. The fourth-order valence-corrected chi connectivity index (χ4v) is 3.25. The molecule has 154 valence electrons. The van der Waals surface area contributed by atoms with Gasteiger partial charge in [-0.15, -0.1) is 0 Å². The first-order valence-electron chi connectivity index (χ1n) is 7.74. The molecule has 11 heteroatoms. The highest BCUT2D eigenvalue weighted by Crippen LogP contribution is 2.42.